The first kappa shape index (κ1) is 14.3. The largest absolute Gasteiger partial charge is 0.497 e. The van der Waals surface area contributed by atoms with Gasteiger partial charge in [-0.1, -0.05) is 45.7 Å². The lowest BCUT2D eigenvalue weighted by atomic mass is 10.0. The van der Waals surface area contributed by atoms with Crippen LogP contribution in [0.1, 0.15) is 17.2 Å². The topological polar surface area (TPSA) is 29.5 Å². The van der Waals surface area contributed by atoms with Gasteiger partial charge >= 0.3 is 0 Å². The molecule has 5 heteroatoms. The van der Waals surface area contributed by atoms with E-state index in [0.29, 0.717) is 21.3 Å². The van der Waals surface area contributed by atoms with Gasteiger partial charge in [0.1, 0.15) is 17.7 Å². The number of hydrogen-bond donors (Lipinski definition) is 1. The van der Waals surface area contributed by atoms with Crippen molar-refractivity contribution in [2.75, 3.05) is 7.11 Å². The summed E-state index contributed by atoms with van der Waals surface area (Å²) in [5, 5.41) is 10.2. The van der Waals surface area contributed by atoms with Gasteiger partial charge in [0, 0.05) is 10.0 Å². The van der Waals surface area contributed by atoms with Gasteiger partial charge in [-0.25, -0.2) is 4.39 Å². The minimum Gasteiger partial charge on any atom is -0.497 e. The summed E-state index contributed by atoms with van der Waals surface area (Å²) < 4.78 is 19.1. The summed E-state index contributed by atoms with van der Waals surface area (Å²) in [7, 11) is 1.56. The Kier molecular flexibility index (Phi) is 4.45. The first-order valence-electron chi connectivity index (χ1n) is 5.50. The third kappa shape index (κ3) is 2.91. The average molecular weight is 346 g/mol. The van der Waals surface area contributed by atoms with Crippen molar-refractivity contribution in [3.8, 4) is 5.75 Å². The fraction of sp³-hybridized carbons (Fsp3) is 0.143. The van der Waals surface area contributed by atoms with Crippen LogP contribution in [0.3, 0.4) is 0 Å². The summed E-state index contributed by atoms with van der Waals surface area (Å²) in [6.07, 6.45) is -1.01. The van der Waals surface area contributed by atoms with Crippen LogP contribution >= 0.6 is 27.5 Å². The van der Waals surface area contributed by atoms with E-state index < -0.39 is 11.9 Å². The second-order valence-corrected chi connectivity index (χ2v) is 5.17. The Labute approximate surface area is 123 Å². The number of aliphatic hydroxyl groups is 1. The van der Waals surface area contributed by atoms with Gasteiger partial charge < -0.3 is 9.84 Å². The quantitative estimate of drug-likeness (QED) is 0.897. The average Bonchev–Trinajstić information content (AvgIpc) is 2.41. The summed E-state index contributed by atoms with van der Waals surface area (Å²) in [4.78, 5) is 0. The molecule has 0 aliphatic heterocycles. The summed E-state index contributed by atoms with van der Waals surface area (Å²) >= 11 is 9.23. The molecule has 0 saturated heterocycles. The summed E-state index contributed by atoms with van der Waals surface area (Å²) in [5.74, 6) is 0.107. The molecule has 0 aromatic heterocycles. The van der Waals surface area contributed by atoms with Crippen LogP contribution in [0.15, 0.2) is 40.9 Å². The highest BCUT2D eigenvalue weighted by Crippen LogP contribution is 2.35. The van der Waals surface area contributed by atoms with Crippen LogP contribution in [0.2, 0.25) is 5.02 Å². The van der Waals surface area contributed by atoms with Crippen LogP contribution in [0.5, 0.6) is 5.75 Å². The molecule has 0 aliphatic carbocycles. The van der Waals surface area contributed by atoms with Crippen LogP contribution in [0.25, 0.3) is 0 Å². The minimum absolute atomic E-state index is 0.0716. The van der Waals surface area contributed by atoms with Crippen LogP contribution in [0.4, 0.5) is 4.39 Å². The molecule has 0 bridgehead atoms. The van der Waals surface area contributed by atoms with Crippen LogP contribution in [0, 0.1) is 5.82 Å². The lowest BCUT2D eigenvalue weighted by Gasteiger charge is -2.15. The molecule has 0 amide bonds. The lowest BCUT2D eigenvalue weighted by molar-refractivity contribution is 0.219. The number of ether oxygens (including phenoxy) is 1. The van der Waals surface area contributed by atoms with Crippen molar-refractivity contribution in [2.45, 2.75) is 6.10 Å². The molecule has 0 radical (unpaired) electrons. The molecule has 19 heavy (non-hydrogen) atoms. The maximum absolute atomic E-state index is 13.4. The van der Waals surface area contributed by atoms with E-state index in [-0.39, 0.29) is 5.02 Å². The van der Waals surface area contributed by atoms with Crippen molar-refractivity contribution in [3.05, 3.63) is 62.8 Å². The fourth-order valence-electron chi connectivity index (χ4n) is 1.76. The highest BCUT2D eigenvalue weighted by molar-refractivity contribution is 9.10. The summed E-state index contributed by atoms with van der Waals surface area (Å²) in [6.45, 7) is 0. The smallest absolute Gasteiger partial charge is 0.142 e. The number of halogens is 3. The molecule has 0 aliphatic rings. The van der Waals surface area contributed by atoms with Crippen molar-refractivity contribution in [3.63, 3.8) is 0 Å². The molecule has 0 saturated carbocycles. The van der Waals surface area contributed by atoms with Gasteiger partial charge in [-0.05, 0) is 23.8 Å². The molecule has 1 unspecified atom stereocenters. The van der Waals surface area contributed by atoms with E-state index in [1.807, 2.05) is 0 Å². The standard InChI is InChI=1S/C14H11BrClFO2/c1-19-8-5-6-9(11(15)7-8)14(18)10-3-2-4-12(17)13(10)16/h2-7,14,18H,1H3. The van der Waals surface area contributed by atoms with Crippen LogP contribution in [-0.2, 0) is 0 Å². The zero-order valence-electron chi connectivity index (χ0n) is 10.0. The second-order valence-electron chi connectivity index (χ2n) is 3.93. The molecule has 1 N–H and O–H groups in total. The van der Waals surface area contributed by atoms with Crippen LogP contribution in [-0.4, -0.2) is 12.2 Å². The number of methoxy groups -OCH3 is 1. The van der Waals surface area contributed by atoms with Gasteiger partial charge in [-0.3, -0.25) is 0 Å². The monoisotopic (exact) mass is 344 g/mol. The third-order valence-electron chi connectivity index (χ3n) is 2.78. The molecule has 0 heterocycles. The van der Waals surface area contributed by atoms with Crippen molar-refractivity contribution >= 4 is 27.5 Å². The fourth-order valence-corrected chi connectivity index (χ4v) is 2.56. The van der Waals surface area contributed by atoms with E-state index in [0.717, 1.165) is 0 Å². The maximum atomic E-state index is 13.4. The SMILES string of the molecule is COc1ccc(C(O)c2cccc(F)c2Cl)c(Br)c1. The van der Waals surface area contributed by atoms with Gasteiger partial charge in [-0.2, -0.15) is 0 Å². The number of aliphatic hydroxyl groups excluding tert-OH is 1. The Hall–Kier alpha value is -1.10. The van der Waals surface area contributed by atoms with Gasteiger partial charge in [0.05, 0.1) is 12.1 Å². The van der Waals surface area contributed by atoms with Crippen molar-refractivity contribution in [1.29, 1.82) is 0 Å². The van der Waals surface area contributed by atoms with E-state index in [2.05, 4.69) is 15.9 Å². The Morgan fingerprint density at radius 1 is 1.26 bits per heavy atom. The predicted octanol–water partition coefficient (Wildman–Crippen LogP) is 4.33. The Bertz CT molecular complexity index is 604. The van der Waals surface area contributed by atoms with E-state index >= 15 is 0 Å². The highest BCUT2D eigenvalue weighted by atomic mass is 79.9. The van der Waals surface area contributed by atoms with Gasteiger partial charge in [0.25, 0.3) is 0 Å². The molecular weight excluding hydrogens is 335 g/mol. The predicted molar refractivity (Wildman–Crippen MR) is 76.2 cm³/mol. The number of hydrogen-bond acceptors (Lipinski definition) is 2. The lowest BCUT2D eigenvalue weighted by Crippen LogP contribution is -2.02. The third-order valence-corrected chi connectivity index (χ3v) is 3.86. The number of rotatable bonds is 3. The van der Waals surface area contributed by atoms with E-state index in [4.69, 9.17) is 16.3 Å². The van der Waals surface area contributed by atoms with Crippen LogP contribution < -0.4 is 4.74 Å². The van der Waals surface area contributed by atoms with Crippen molar-refractivity contribution in [1.82, 2.24) is 0 Å². The molecule has 1 atom stereocenters. The van der Waals surface area contributed by atoms with Gasteiger partial charge in [0.15, 0.2) is 0 Å². The molecule has 0 fully saturated rings. The summed E-state index contributed by atoms with van der Waals surface area (Å²) in [6, 6.07) is 9.50. The molecule has 2 rings (SSSR count). The van der Waals surface area contributed by atoms with E-state index in [1.165, 1.54) is 12.1 Å². The molecule has 2 aromatic carbocycles. The maximum Gasteiger partial charge on any atom is 0.142 e. The number of benzene rings is 2. The molecule has 100 valence electrons. The molecule has 0 spiro atoms. The first-order valence-corrected chi connectivity index (χ1v) is 6.67. The van der Waals surface area contributed by atoms with Gasteiger partial charge in [0.2, 0.25) is 0 Å². The van der Waals surface area contributed by atoms with E-state index in [1.54, 1.807) is 31.4 Å². The summed E-state index contributed by atoms with van der Waals surface area (Å²) in [5.41, 5.74) is 0.917. The molecular formula is C14H11BrClFO2. The van der Waals surface area contributed by atoms with Gasteiger partial charge in [-0.15, -0.1) is 0 Å². The minimum atomic E-state index is -1.01. The molecule has 2 nitrogen and oxygen atoms in total. The Morgan fingerprint density at radius 2 is 2.00 bits per heavy atom. The zero-order chi connectivity index (χ0) is 14.0. The normalized spacial score (nSPS) is 12.3. The first-order chi connectivity index (χ1) is 9.04. The Balaban J connectivity index is 2.44. The van der Waals surface area contributed by atoms with Crippen molar-refractivity contribution < 1.29 is 14.2 Å². The highest BCUT2D eigenvalue weighted by Gasteiger charge is 2.18. The zero-order valence-corrected chi connectivity index (χ0v) is 12.4. The van der Waals surface area contributed by atoms with Crippen molar-refractivity contribution in [2.24, 2.45) is 0 Å². The molecule has 2 aromatic rings. The van der Waals surface area contributed by atoms with E-state index in [9.17, 15) is 9.50 Å². The Morgan fingerprint density at radius 3 is 2.63 bits per heavy atom. The second kappa shape index (κ2) is 5.90.